The zero-order chi connectivity index (χ0) is 12.9. The molecule has 1 N–H and O–H groups in total. The summed E-state index contributed by atoms with van der Waals surface area (Å²) in [6.07, 6.45) is 10.7. The van der Waals surface area contributed by atoms with Crippen LogP contribution in [0.5, 0.6) is 0 Å². The first-order valence-corrected chi connectivity index (χ1v) is 7.97. The van der Waals surface area contributed by atoms with Crippen molar-refractivity contribution in [2.75, 3.05) is 13.6 Å². The molecule has 19 heavy (non-hydrogen) atoms. The Morgan fingerprint density at radius 3 is 2.32 bits per heavy atom. The van der Waals surface area contributed by atoms with Crippen LogP contribution in [0.25, 0.3) is 0 Å². The van der Waals surface area contributed by atoms with Gasteiger partial charge in [-0.2, -0.15) is 0 Å². The third-order valence-electron chi connectivity index (χ3n) is 6.12. The molecule has 0 aromatic carbocycles. The lowest BCUT2D eigenvalue weighted by Gasteiger charge is -2.59. The first-order valence-electron chi connectivity index (χ1n) is 7.97. The third kappa shape index (κ3) is 1.87. The minimum atomic E-state index is 0.537. The number of hydrogen-bond donors (Lipinski definition) is 1. The van der Waals surface area contributed by atoms with Gasteiger partial charge in [0, 0.05) is 12.5 Å². The van der Waals surface area contributed by atoms with Crippen LogP contribution >= 0.6 is 0 Å². The van der Waals surface area contributed by atoms with Gasteiger partial charge in [0.2, 0.25) is 0 Å². The van der Waals surface area contributed by atoms with Crippen molar-refractivity contribution in [1.82, 2.24) is 5.32 Å². The average Bonchev–Trinajstić information content (AvgIpc) is 2.87. The maximum atomic E-state index is 5.80. The van der Waals surface area contributed by atoms with Crippen LogP contribution in [0.15, 0.2) is 22.8 Å². The normalized spacial score (nSPS) is 41.6. The zero-order valence-electron chi connectivity index (χ0n) is 11.9. The molecule has 4 aliphatic rings. The summed E-state index contributed by atoms with van der Waals surface area (Å²) in [6, 6.07) is 4.25. The van der Waals surface area contributed by atoms with E-state index in [1.807, 2.05) is 6.26 Å². The highest BCUT2D eigenvalue weighted by Gasteiger charge is 2.54. The second-order valence-electron chi connectivity index (χ2n) is 7.41. The molecule has 0 saturated heterocycles. The molecule has 1 heterocycles. The average molecular weight is 259 g/mol. The molecular weight excluding hydrogens is 234 g/mol. The summed E-state index contributed by atoms with van der Waals surface area (Å²) < 4.78 is 5.80. The first-order chi connectivity index (χ1) is 9.29. The van der Waals surface area contributed by atoms with Gasteiger partial charge in [0.15, 0.2) is 0 Å². The van der Waals surface area contributed by atoms with Gasteiger partial charge in [-0.15, -0.1) is 0 Å². The molecule has 0 amide bonds. The van der Waals surface area contributed by atoms with E-state index in [0.717, 1.165) is 24.3 Å². The Hall–Kier alpha value is -0.760. The van der Waals surface area contributed by atoms with E-state index in [1.165, 1.54) is 44.3 Å². The summed E-state index contributed by atoms with van der Waals surface area (Å²) in [7, 11) is 2.08. The van der Waals surface area contributed by atoms with Crippen LogP contribution in [0.1, 0.15) is 50.2 Å². The molecule has 1 atom stereocenters. The molecule has 4 saturated carbocycles. The Balaban J connectivity index is 1.68. The van der Waals surface area contributed by atoms with Crippen LogP contribution in [-0.2, 0) is 0 Å². The van der Waals surface area contributed by atoms with Crippen molar-refractivity contribution < 1.29 is 4.42 Å². The van der Waals surface area contributed by atoms with Crippen LogP contribution in [0.2, 0.25) is 0 Å². The van der Waals surface area contributed by atoms with Gasteiger partial charge in [-0.3, -0.25) is 0 Å². The monoisotopic (exact) mass is 259 g/mol. The van der Waals surface area contributed by atoms with Crippen molar-refractivity contribution in [1.29, 1.82) is 0 Å². The summed E-state index contributed by atoms with van der Waals surface area (Å²) in [6.45, 7) is 1.07. The zero-order valence-corrected chi connectivity index (χ0v) is 11.9. The van der Waals surface area contributed by atoms with Gasteiger partial charge < -0.3 is 9.73 Å². The van der Waals surface area contributed by atoms with Crippen LogP contribution < -0.4 is 5.32 Å². The predicted molar refractivity (Wildman–Crippen MR) is 76.0 cm³/mol. The number of rotatable bonds is 4. The van der Waals surface area contributed by atoms with E-state index in [1.54, 1.807) is 0 Å². The number of hydrogen-bond acceptors (Lipinski definition) is 2. The van der Waals surface area contributed by atoms with Crippen LogP contribution in [0, 0.1) is 23.2 Å². The Morgan fingerprint density at radius 1 is 1.21 bits per heavy atom. The number of furan rings is 1. The van der Waals surface area contributed by atoms with Crippen LogP contribution in [-0.4, -0.2) is 13.6 Å². The van der Waals surface area contributed by atoms with E-state index in [2.05, 4.69) is 24.5 Å². The first kappa shape index (κ1) is 12.0. The standard InChI is InChI=1S/C17H25NO/c1-18-11-15(16-3-2-4-19-16)17-8-12-5-13(9-17)7-14(6-12)10-17/h2-4,12-15,18H,5-11H2,1H3. The van der Waals surface area contributed by atoms with Gasteiger partial charge >= 0.3 is 0 Å². The summed E-state index contributed by atoms with van der Waals surface area (Å²) >= 11 is 0. The predicted octanol–water partition coefficient (Wildman–Crippen LogP) is 3.80. The lowest BCUT2D eigenvalue weighted by atomic mass is 9.46. The van der Waals surface area contributed by atoms with E-state index in [-0.39, 0.29) is 0 Å². The second kappa shape index (κ2) is 4.37. The van der Waals surface area contributed by atoms with Gasteiger partial charge in [0.05, 0.1) is 6.26 Å². The van der Waals surface area contributed by atoms with Crippen molar-refractivity contribution >= 4 is 0 Å². The van der Waals surface area contributed by atoms with Crippen molar-refractivity contribution in [3.05, 3.63) is 24.2 Å². The van der Waals surface area contributed by atoms with Gasteiger partial charge in [0.25, 0.3) is 0 Å². The third-order valence-corrected chi connectivity index (χ3v) is 6.12. The highest BCUT2D eigenvalue weighted by atomic mass is 16.3. The molecule has 4 bridgehead atoms. The topological polar surface area (TPSA) is 25.2 Å². The van der Waals surface area contributed by atoms with E-state index >= 15 is 0 Å². The second-order valence-corrected chi connectivity index (χ2v) is 7.41. The molecule has 5 rings (SSSR count). The maximum absolute atomic E-state index is 5.80. The van der Waals surface area contributed by atoms with Crippen molar-refractivity contribution in [3.8, 4) is 0 Å². The Labute approximate surface area is 116 Å². The smallest absolute Gasteiger partial charge is 0.108 e. The number of likely N-dealkylation sites (N-methyl/N-ethyl adjacent to an activating group) is 1. The fourth-order valence-electron chi connectivity index (χ4n) is 5.92. The van der Waals surface area contributed by atoms with E-state index in [4.69, 9.17) is 4.42 Å². The van der Waals surface area contributed by atoms with Crippen molar-refractivity contribution in [3.63, 3.8) is 0 Å². The maximum Gasteiger partial charge on any atom is 0.108 e. The molecule has 4 aliphatic carbocycles. The van der Waals surface area contributed by atoms with E-state index in [9.17, 15) is 0 Å². The quantitative estimate of drug-likeness (QED) is 0.889. The molecule has 0 aliphatic heterocycles. The highest BCUT2D eigenvalue weighted by Crippen LogP contribution is 2.64. The molecule has 1 aromatic rings. The summed E-state index contributed by atoms with van der Waals surface area (Å²) in [5.41, 5.74) is 0.537. The lowest BCUT2D eigenvalue weighted by Crippen LogP contribution is -2.50. The Bertz CT molecular complexity index is 401. The molecule has 2 heteroatoms. The van der Waals surface area contributed by atoms with Gasteiger partial charge in [-0.1, -0.05) is 0 Å². The van der Waals surface area contributed by atoms with Crippen LogP contribution in [0.4, 0.5) is 0 Å². The van der Waals surface area contributed by atoms with E-state index in [0.29, 0.717) is 11.3 Å². The Morgan fingerprint density at radius 2 is 1.84 bits per heavy atom. The Kier molecular flexibility index (Phi) is 2.77. The molecule has 2 nitrogen and oxygen atoms in total. The molecule has 104 valence electrons. The number of nitrogens with one attached hydrogen (secondary N) is 1. The fraction of sp³-hybridized carbons (Fsp3) is 0.765. The fourth-order valence-corrected chi connectivity index (χ4v) is 5.92. The summed E-state index contributed by atoms with van der Waals surface area (Å²) in [4.78, 5) is 0. The molecule has 1 unspecified atom stereocenters. The molecular formula is C17H25NO. The van der Waals surface area contributed by atoms with Crippen LogP contribution in [0.3, 0.4) is 0 Å². The largest absolute Gasteiger partial charge is 0.469 e. The van der Waals surface area contributed by atoms with E-state index < -0.39 is 0 Å². The summed E-state index contributed by atoms with van der Waals surface area (Å²) in [5, 5.41) is 3.42. The minimum absolute atomic E-state index is 0.537. The van der Waals surface area contributed by atoms with Gasteiger partial charge in [-0.25, -0.2) is 0 Å². The molecule has 0 radical (unpaired) electrons. The van der Waals surface area contributed by atoms with Crippen molar-refractivity contribution in [2.24, 2.45) is 23.2 Å². The SMILES string of the molecule is CNCC(c1ccco1)C12CC3CC(CC(C3)C1)C2. The minimum Gasteiger partial charge on any atom is -0.469 e. The van der Waals surface area contributed by atoms with Crippen molar-refractivity contribution in [2.45, 2.75) is 44.4 Å². The molecule has 1 aromatic heterocycles. The van der Waals surface area contributed by atoms with Gasteiger partial charge in [-0.05, 0) is 80.9 Å². The summed E-state index contributed by atoms with van der Waals surface area (Å²) in [5.74, 6) is 4.85. The molecule has 0 spiro atoms. The van der Waals surface area contributed by atoms with Gasteiger partial charge in [0.1, 0.15) is 5.76 Å². The highest BCUT2D eigenvalue weighted by molar-refractivity contribution is 5.16. The molecule has 4 fully saturated rings. The lowest BCUT2D eigenvalue weighted by molar-refractivity contribution is -0.0713.